The third-order valence-electron chi connectivity index (χ3n) is 14.5. The van der Waals surface area contributed by atoms with Crippen LogP contribution < -0.4 is 9.80 Å². The first-order chi connectivity index (χ1) is 36.1. The Morgan fingerprint density at radius 1 is 0.260 bits per heavy atom. The van der Waals surface area contributed by atoms with Gasteiger partial charge >= 0.3 is 0 Å². The van der Waals surface area contributed by atoms with Crippen LogP contribution in [0.1, 0.15) is 0 Å². The van der Waals surface area contributed by atoms with E-state index in [0.717, 1.165) is 89.1 Å². The van der Waals surface area contributed by atoms with E-state index in [2.05, 4.69) is 252 Å². The Hall–Kier alpha value is -9.42. The molecule has 0 aliphatic carbocycles. The Labute approximate surface area is 424 Å². The van der Waals surface area contributed by atoms with Gasteiger partial charge in [-0.15, -0.1) is 11.3 Å². The van der Waals surface area contributed by atoms with Gasteiger partial charge in [0, 0.05) is 64.5 Å². The summed E-state index contributed by atoms with van der Waals surface area (Å²) in [5.41, 5.74) is 14.3. The maximum atomic E-state index is 6.72. The molecule has 0 saturated carbocycles. The summed E-state index contributed by atoms with van der Waals surface area (Å²) in [5, 5.41) is 11.6. The summed E-state index contributed by atoms with van der Waals surface area (Å²) in [6, 6.07) is 91.7. The van der Waals surface area contributed by atoms with Crippen molar-refractivity contribution in [3.8, 4) is 22.3 Å². The lowest BCUT2D eigenvalue weighted by molar-refractivity contribution is 0.668. The van der Waals surface area contributed by atoms with Gasteiger partial charge in [0.15, 0.2) is 11.2 Å². The quantitative estimate of drug-likeness (QED) is 0.152. The van der Waals surface area contributed by atoms with E-state index in [1.807, 2.05) is 23.5 Å². The number of fused-ring (bicyclic) bond motifs is 11. The highest BCUT2D eigenvalue weighted by molar-refractivity contribution is 7.26. The van der Waals surface area contributed by atoms with E-state index in [9.17, 15) is 0 Å². The molecule has 0 saturated heterocycles. The highest BCUT2D eigenvalue weighted by Crippen LogP contribution is 2.47. The predicted molar refractivity (Wildman–Crippen MR) is 309 cm³/mol. The number of thiophene rings is 1. The van der Waals surface area contributed by atoms with Crippen molar-refractivity contribution in [1.29, 1.82) is 0 Å². The maximum absolute atomic E-state index is 6.72. The van der Waals surface area contributed by atoms with E-state index in [-0.39, 0.29) is 0 Å². The minimum Gasteiger partial charge on any atom is -0.454 e. The number of hydrogen-bond acceptors (Lipinski definition) is 5. The van der Waals surface area contributed by atoms with Crippen molar-refractivity contribution in [1.82, 2.24) is 0 Å². The van der Waals surface area contributed by atoms with Gasteiger partial charge in [0.25, 0.3) is 0 Å². The van der Waals surface area contributed by atoms with Gasteiger partial charge < -0.3 is 18.6 Å². The standard InChI is InChI=1S/C68H42N2O2S/c1-3-15-43(16-4-1)45-19-11-21-51(35-45)69(61-27-13-25-57-55-23-7-9-29-63(55)71-67(57)61)53-33-31-47-41-65-59(39-49(47)37-53)60-40-50-38-54(34-32-48(50)42-66(60)73-65)70(52-22-12-20-46(36-52)44-17-5-2-6-18-44)62-28-14-26-58-56-24-8-10-30-64(56)72-68(58)62/h1-42H. The molecule has 4 nitrogen and oxygen atoms in total. The normalized spacial score (nSPS) is 11.8. The van der Waals surface area contributed by atoms with Crippen molar-refractivity contribution in [3.05, 3.63) is 255 Å². The predicted octanol–water partition coefficient (Wildman–Crippen LogP) is 20.4. The first-order valence-electron chi connectivity index (χ1n) is 24.7. The summed E-state index contributed by atoms with van der Waals surface area (Å²) in [6.07, 6.45) is 0. The zero-order valence-electron chi connectivity index (χ0n) is 39.4. The van der Waals surface area contributed by atoms with E-state index >= 15 is 0 Å². The molecule has 3 aromatic heterocycles. The number of hydrogen-bond donors (Lipinski definition) is 0. The highest BCUT2D eigenvalue weighted by Gasteiger charge is 2.23. The highest BCUT2D eigenvalue weighted by atomic mass is 32.1. The van der Waals surface area contributed by atoms with Crippen molar-refractivity contribution in [2.75, 3.05) is 9.80 Å². The number of nitrogens with zero attached hydrogens (tertiary/aromatic N) is 2. The molecule has 0 amide bonds. The third-order valence-corrected chi connectivity index (χ3v) is 15.7. The molecule has 0 fully saturated rings. The van der Waals surface area contributed by atoms with Crippen molar-refractivity contribution in [3.63, 3.8) is 0 Å². The SMILES string of the molecule is c1ccc(-c2cccc(N(c3ccc4cc5sc6cc7ccc(N(c8cccc(-c9ccccc9)c8)c8cccc9c8oc8ccccc89)cc7cc6c5cc4c3)c3cccc4c3oc3ccccc34)c2)cc1. The monoisotopic (exact) mass is 950 g/mol. The second-order valence-electron chi connectivity index (χ2n) is 18.9. The van der Waals surface area contributed by atoms with Gasteiger partial charge in [0.1, 0.15) is 11.2 Å². The van der Waals surface area contributed by atoms with Crippen LogP contribution in [0.3, 0.4) is 0 Å². The van der Waals surface area contributed by atoms with E-state index < -0.39 is 0 Å². The molecule has 5 heteroatoms. The summed E-state index contributed by atoms with van der Waals surface area (Å²) in [5.74, 6) is 0. The van der Waals surface area contributed by atoms with Crippen LogP contribution in [0.5, 0.6) is 0 Å². The van der Waals surface area contributed by atoms with Crippen molar-refractivity contribution >= 4 is 131 Å². The molecular weight excluding hydrogens is 909 g/mol. The zero-order chi connectivity index (χ0) is 48.0. The lowest BCUT2D eigenvalue weighted by Gasteiger charge is -2.26. The third kappa shape index (κ3) is 6.89. The van der Waals surface area contributed by atoms with Gasteiger partial charge in [-0.05, 0) is 141 Å². The summed E-state index contributed by atoms with van der Waals surface area (Å²) in [6.45, 7) is 0. The molecule has 0 bridgehead atoms. The molecule has 0 aliphatic heterocycles. The number of anilines is 6. The van der Waals surface area contributed by atoms with Crippen molar-refractivity contribution in [2.24, 2.45) is 0 Å². The first-order valence-corrected chi connectivity index (χ1v) is 25.5. The zero-order valence-corrected chi connectivity index (χ0v) is 40.2. The fourth-order valence-electron chi connectivity index (χ4n) is 11.1. The van der Waals surface area contributed by atoms with E-state index in [1.54, 1.807) is 0 Å². The fourth-order valence-corrected chi connectivity index (χ4v) is 12.3. The molecular formula is C68H42N2O2S. The Kier molecular flexibility index (Phi) is 9.41. The Balaban J connectivity index is 0.893. The topological polar surface area (TPSA) is 32.8 Å². The summed E-state index contributed by atoms with van der Waals surface area (Å²) in [4.78, 5) is 4.71. The number of benzene rings is 12. The molecule has 0 radical (unpaired) electrons. The lowest BCUT2D eigenvalue weighted by atomic mass is 10.0. The number of rotatable bonds is 8. The molecule has 0 spiro atoms. The molecule has 73 heavy (non-hydrogen) atoms. The van der Waals surface area contributed by atoms with Gasteiger partial charge in [-0.3, -0.25) is 0 Å². The van der Waals surface area contributed by atoms with Crippen molar-refractivity contribution < 1.29 is 8.83 Å². The van der Waals surface area contributed by atoms with E-state index in [4.69, 9.17) is 8.83 Å². The van der Waals surface area contributed by atoms with Gasteiger partial charge in [-0.25, -0.2) is 0 Å². The molecule has 342 valence electrons. The number of para-hydroxylation sites is 4. The van der Waals surface area contributed by atoms with Crippen LogP contribution in [0.25, 0.3) is 108 Å². The second kappa shape index (κ2) is 16.6. The molecule has 3 heterocycles. The van der Waals surface area contributed by atoms with Crippen LogP contribution >= 0.6 is 11.3 Å². The van der Waals surface area contributed by atoms with Crippen LogP contribution in [0.2, 0.25) is 0 Å². The largest absolute Gasteiger partial charge is 0.454 e. The molecule has 15 aromatic rings. The summed E-state index contributed by atoms with van der Waals surface area (Å²) < 4.78 is 16.0. The second-order valence-corrected chi connectivity index (χ2v) is 20.0. The van der Waals surface area contributed by atoms with Gasteiger partial charge in [0.05, 0.1) is 11.4 Å². The Morgan fingerprint density at radius 3 is 1.14 bits per heavy atom. The molecule has 0 aliphatic rings. The van der Waals surface area contributed by atoms with Gasteiger partial charge in [0.2, 0.25) is 0 Å². The van der Waals surface area contributed by atoms with Crippen LogP contribution in [-0.2, 0) is 0 Å². The molecule has 0 atom stereocenters. The van der Waals surface area contributed by atoms with E-state index in [1.165, 1.54) is 52.8 Å². The van der Waals surface area contributed by atoms with Gasteiger partial charge in [-0.1, -0.05) is 158 Å². The van der Waals surface area contributed by atoms with E-state index in [0.29, 0.717) is 0 Å². The van der Waals surface area contributed by atoms with Crippen LogP contribution in [0.15, 0.2) is 264 Å². The Morgan fingerprint density at radius 2 is 0.658 bits per heavy atom. The van der Waals surface area contributed by atoms with Crippen molar-refractivity contribution in [2.45, 2.75) is 0 Å². The average molecular weight is 951 g/mol. The van der Waals surface area contributed by atoms with Gasteiger partial charge in [-0.2, -0.15) is 0 Å². The maximum Gasteiger partial charge on any atom is 0.159 e. The lowest BCUT2D eigenvalue weighted by Crippen LogP contribution is -2.10. The van der Waals surface area contributed by atoms with Crippen LogP contribution in [-0.4, -0.2) is 0 Å². The molecule has 0 unspecified atom stereocenters. The minimum absolute atomic E-state index is 0.858. The van der Waals surface area contributed by atoms with Crippen LogP contribution in [0, 0.1) is 0 Å². The average Bonchev–Trinajstić information content (AvgIpc) is 4.14. The summed E-state index contributed by atoms with van der Waals surface area (Å²) >= 11 is 1.86. The fraction of sp³-hybridized carbons (Fsp3) is 0. The first kappa shape index (κ1) is 41.4. The molecule has 0 N–H and O–H groups in total. The molecule has 12 aromatic carbocycles. The number of furan rings is 2. The smallest absolute Gasteiger partial charge is 0.159 e. The molecule has 15 rings (SSSR count). The Bertz CT molecular complexity index is 4350. The minimum atomic E-state index is 0.858. The summed E-state index contributed by atoms with van der Waals surface area (Å²) in [7, 11) is 0. The van der Waals surface area contributed by atoms with Crippen LogP contribution in [0.4, 0.5) is 34.1 Å².